The van der Waals surface area contributed by atoms with Gasteiger partial charge in [0.25, 0.3) is 0 Å². The molecule has 0 atom stereocenters. The van der Waals surface area contributed by atoms with Gasteiger partial charge in [-0.25, -0.2) is 4.98 Å². The molecule has 1 aromatic carbocycles. The largest absolute Gasteiger partial charge is 0.481 e. The van der Waals surface area contributed by atoms with Crippen LogP contribution in [-0.4, -0.2) is 23.0 Å². The van der Waals surface area contributed by atoms with E-state index in [9.17, 15) is 0 Å². The molecule has 1 aromatic heterocycles. The van der Waals surface area contributed by atoms with Crippen LogP contribution in [0.15, 0.2) is 35.2 Å². The molecule has 100 valence electrons. The second-order valence-electron chi connectivity index (χ2n) is 3.79. The van der Waals surface area contributed by atoms with Gasteiger partial charge in [-0.05, 0) is 31.2 Å². The highest BCUT2D eigenvalue weighted by Crippen LogP contribution is 2.20. The lowest BCUT2D eigenvalue weighted by Gasteiger charge is -2.07. The number of ether oxygens (including phenoxy) is 1. The Labute approximate surface area is 121 Å². The number of nitrogens with zero attached hydrogens (tertiary/aromatic N) is 2. The third kappa shape index (κ3) is 4.29. The normalized spacial score (nSPS) is 10.3. The van der Waals surface area contributed by atoms with Crippen molar-refractivity contribution in [2.24, 2.45) is 0 Å². The Morgan fingerprint density at radius 1 is 1.26 bits per heavy atom. The molecule has 0 aliphatic heterocycles. The molecule has 0 aliphatic carbocycles. The highest BCUT2D eigenvalue weighted by Gasteiger charge is 2.02. The van der Waals surface area contributed by atoms with Crippen LogP contribution >= 0.6 is 23.4 Å². The molecule has 1 heterocycles. The molecule has 0 unspecified atom stereocenters. The summed E-state index contributed by atoms with van der Waals surface area (Å²) in [5.74, 6) is 1.80. The Kier molecular flexibility index (Phi) is 4.87. The van der Waals surface area contributed by atoms with Gasteiger partial charge < -0.3 is 10.1 Å². The van der Waals surface area contributed by atoms with Crippen LogP contribution in [0.2, 0.25) is 5.02 Å². The fourth-order valence-corrected chi connectivity index (χ4v) is 2.26. The minimum atomic E-state index is 0.562. The molecule has 0 fully saturated rings. The fraction of sp³-hybridized carbons (Fsp3) is 0.231. The molecule has 2 rings (SSSR count). The molecule has 2 aromatic rings. The monoisotopic (exact) mass is 295 g/mol. The van der Waals surface area contributed by atoms with Crippen LogP contribution in [0.1, 0.15) is 5.69 Å². The van der Waals surface area contributed by atoms with Crippen LogP contribution < -0.4 is 10.1 Å². The van der Waals surface area contributed by atoms with Gasteiger partial charge in [-0.2, -0.15) is 4.98 Å². The number of thioether (sulfide) groups is 1. The molecule has 1 N–H and O–H groups in total. The first-order valence-corrected chi connectivity index (χ1v) is 7.05. The Morgan fingerprint density at radius 3 is 2.68 bits per heavy atom. The van der Waals surface area contributed by atoms with Crippen LogP contribution in [0.4, 0.5) is 5.95 Å². The number of anilines is 1. The summed E-state index contributed by atoms with van der Waals surface area (Å²) in [6.45, 7) is 1.90. The van der Waals surface area contributed by atoms with Gasteiger partial charge in [0.15, 0.2) is 0 Å². The number of rotatable bonds is 5. The molecule has 0 aliphatic rings. The first-order chi connectivity index (χ1) is 9.17. The van der Waals surface area contributed by atoms with Crippen LogP contribution in [0.5, 0.6) is 5.88 Å². The first-order valence-electron chi connectivity index (χ1n) is 5.69. The summed E-state index contributed by atoms with van der Waals surface area (Å²) >= 11 is 7.49. The molecule has 0 amide bonds. The van der Waals surface area contributed by atoms with E-state index in [-0.39, 0.29) is 0 Å². The van der Waals surface area contributed by atoms with Crippen molar-refractivity contribution in [1.29, 1.82) is 0 Å². The lowest BCUT2D eigenvalue weighted by molar-refractivity contribution is 0.397. The van der Waals surface area contributed by atoms with Gasteiger partial charge >= 0.3 is 0 Å². The SMILES string of the molecule is COc1cc(C)nc(NCSc2ccc(Cl)cc2)n1. The molecule has 0 radical (unpaired) electrons. The summed E-state index contributed by atoms with van der Waals surface area (Å²) in [7, 11) is 1.59. The standard InChI is InChI=1S/C13H14ClN3OS/c1-9-7-12(18-2)17-13(16-9)15-8-19-11-5-3-10(14)4-6-11/h3-7H,8H2,1-2H3,(H,15,16,17). The van der Waals surface area contributed by atoms with E-state index >= 15 is 0 Å². The predicted octanol–water partition coefficient (Wildman–Crippen LogP) is 3.61. The lowest BCUT2D eigenvalue weighted by Crippen LogP contribution is -2.04. The highest BCUT2D eigenvalue weighted by molar-refractivity contribution is 7.99. The quantitative estimate of drug-likeness (QED) is 0.674. The van der Waals surface area contributed by atoms with E-state index < -0.39 is 0 Å². The van der Waals surface area contributed by atoms with Gasteiger partial charge in [0.2, 0.25) is 11.8 Å². The van der Waals surface area contributed by atoms with E-state index in [1.54, 1.807) is 24.9 Å². The van der Waals surface area contributed by atoms with Crippen LogP contribution in [0.3, 0.4) is 0 Å². The summed E-state index contributed by atoms with van der Waals surface area (Å²) in [5, 5.41) is 3.89. The molecule has 19 heavy (non-hydrogen) atoms. The Bertz CT molecular complexity index is 548. The maximum Gasteiger partial charge on any atom is 0.226 e. The first kappa shape index (κ1) is 14.0. The van der Waals surface area contributed by atoms with E-state index in [1.807, 2.05) is 31.2 Å². The Balaban J connectivity index is 1.92. The van der Waals surface area contributed by atoms with Crippen molar-refractivity contribution in [2.75, 3.05) is 18.3 Å². The minimum Gasteiger partial charge on any atom is -0.481 e. The molecule has 0 saturated carbocycles. The Hall–Kier alpha value is -1.46. The van der Waals surface area contributed by atoms with E-state index in [4.69, 9.17) is 16.3 Å². The van der Waals surface area contributed by atoms with E-state index in [1.165, 1.54) is 0 Å². The summed E-state index contributed by atoms with van der Waals surface area (Å²) in [4.78, 5) is 9.64. The van der Waals surface area contributed by atoms with Gasteiger partial charge in [-0.15, -0.1) is 11.8 Å². The smallest absolute Gasteiger partial charge is 0.226 e. The summed E-state index contributed by atoms with van der Waals surface area (Å²) in [6, 6.07) is 9.49. The molecule has 0 saturated heterocycles. The fourth-order valence-electron chi connectivity index (χ4n) is 1.44. The molecular formula is C13H14ClN3OS. The van der Waals surface area contributed by atoms with Gasteiger partial charge in [0, 0.05) is 21.7 Å². The number of benzene rings is 1. The van der Waals surface area contributed by atoms with Crippen LogP contribution in [0.25, 0.3) is 0 Å². The van der Waals surface area contributed by atoms with Crippen molar-refractivity contribution < 1.29 is 4.74 Å². The van der Waals surface area contributed by atoms with Gasteiger partial charge in [0.1, 0.15) is 0 Å². The number of nitrogens with one attached hydrogen (secondary N) is 1. The number of halogens is 1. The third-order valence-corrected chi connectivity index (χ3v) is 3.47. The zero-order chi connectivity index (χ0) is 13.7. The van der Waals surface area contributed by atoms with Crippen molar-refractivity contribution >= 4 is 29.3 Å². The molecular weight excluding hydrogens is 282 g/mol. The molecule has 0 spiro atoms. The maximum atomic E-state index is 5.83. The number of aromatic nitrogens is 2. The summed E-state index contributed by atoms with van der Waals surface area (Å²) < 4.78 is 5.10. The van der Waals surface area contributed by atoms with E-state index in [0.29, 0.717) is 17.7 Å². The second kappa shape index (κ2) is 6.63. The number of hydrogen-bond donors (Lipinski definition) is 1. The predicted molar refractivity (Wildman–Crippen MR) is 79.1 cm³/mol. The lowest BCUT2D eigenvalue weighted by atomic mass is 10.4. The van der Waals surface area contributed by atoms with Gasteiger partial charge in [-0.3, -0.25) is 0 Å². The van der Waals surface area contributed by atoms with E-state index in [2.05, 4.69) is 15.3 Å². The maximum absolute atomic E-state index is 5.83. The molecule has 6 heteroatoms. The highest BCUT2D eigenvalue weighted by atomic mass is 35.5. The number of aryl methyl sites for hydroxylation is 1. The molecule has 4 nitrogen and oxygen atoms in total. The van der Waals surface area contributed by atoms with E-state index in [0.717, 1.165) is 15.6 Å². The minimum absolute atomic E-state index is 0.562. The van der Waals surface area contributed by atoms with Crippen molar-refractivity contribution in [3.8, 4) is 5.88 Å². The van der Waals surface area contributed by atoms with Crippen molar-refractivity contribution in [3.05, 3.63) is 41.0 Å². The van der Waals surface area contributed by atoms with Crippen LogP contribution in [-0.2, 0) is 0 Å². The average Bonchev–Trinajstić information content (AvgIpc) is 2.40. The average molecular weight is 296 g/mol. The van der Waals surface area contributed by atoms with Gasteiger partial charge in [0.05, 0.1) is 13.0 Å². The van der Waals surface area contributed by atoms with Crippen molar-refractivity contribution in [3.63, 3.8) is 0 Å². The number of hydrogen-bond acceptors (Lipinski definition) is 5. The third-order valence-electron chi connectivity index (χ3n) is 2.32. The summed E-state index contributed by atoms with van der Waals surface area (Å²) in [5.41, 5.74) is 0.867. The second-order valence-corrected chi connectivity index (χ2v) is 5.28. The van der Waals surface area contributed by atoms with Crippen molar-refractivity contribution in [2.45, 2.75) is 11.8 Å². The topological polar surface area (TPSA) is 47.0 Å². The Morgan fingerprint density at radius 2 is 2.00 bits per heavy atom. The summed E-state index contributed by atoms with van der Waals surface area (Å²) in [6.07, 6.45) is 0. The van der Waals surface area contributed by atoms with Gasteiger partial charge in [-0.1, -0.05) is 11.6 Å². The van der Waals surface area contributed by atoms with Crippen molar-refractivity contribution in [1.82, 2.24) is 9.97 Å². The number of methoxy groups -OCH3 is 1. The van der Waals surface area contributed by atoms with Crippen LogP contribution in [0, 0.1) is 6.92 Å². The molecule has 0 bridgehead atoms. The zero-order valence-corrected chi connectivity index (χ0v) is 12.3. The zero-order valence-electron chi connectivity index (χ0n) is 10.7.